The Hall–Kier alpha value is -2.60. The molecule has 0 aliphatic heterocycles. The van der Waals surface area contributed by atoms with Gasteiger partial charge in [0.1, 0.15) is 11.6 Å². The molecule has 5 nitrogen and oxygen atoms in total. The highest BCUT2D eigenvalue weighted by atomic mass is 35.5. The molecular formula is C19H19ClFNO4. The number of benzene rings is 2. The van der Waals surface area contributed by atoms with E-state index in [0.29, 0.717) is 6.42 Å². The first kappa shape index (κ1) is 19.7. The third kappa shape index (κ3) is 5.74. The maximum absolute atomic E-state index is 13.7. The summed E-state index contributed by atoms with van der Waals surface area (Å²) in [4.78, 5) is 23.9. The summed E-state index contributed by atoms with van der Waals surface area (Å²) in [6.07, 6.45) is -0.448. The molecule has 0 radical (unpaired) electrons. The van der Waals surface area contributed by atoms with E-state index in [-0.39, 0.29) is 17.1 Å². The van der Waals surface area contributed by atoms with Gasteiger partial charge in [0.15, 0.2) is 6.10 Å². The van der Waals surface area contributed by atoms with Crippen LogP contribution in [0.2, 0.25) is 5.02 Å². The number of hydrogen-bond acceptors (Lipinski definition) is 4. The average Bonchev–Trinajstić information content (AvgIpc) is 2.62. The van der Waals surface area contributed by atoms with Crippen LogP contribution in [0.3, 0.4) is 0 Å². The van der Waals surface area contributed by atoms with Crippen LogP contribution in [0.4, 0.5) is 10.1 Å². The van der Waals surface area contributed by atoms with Crippen LogP contribution >= 0.6 is 11.6 Å². The molecule has 7 heteroatoms. The Morgan fingerprint density at radius 1 is 1.19 bits per heavy atom. The summed E-state index contributed by atoms with van der Waals surface area (Å²) in [5.41, 5.74) is 0.920. The number of nitrogens with one attached hydrogen (secondary N) is 1. The number of ether oxygens (including phenoxy) is 2. The molecule has 0 aromatic heterocycles. The number of methoxy groups -OCH3 is 1. The van der Waals surface area contributed by atoms with E-state index < -0.39 is 23.8 Å². The topological polar surface area (TPSA) is 64.6 Å². The third-order valence-corrected chi connectivity index (χ3v) is 3.88. The highest BCUT2D eigenvalue weighted by Crippen LogP contribution is 2.19. The van der Waals surface area contributed by atoms with Crippen molar-refractivity contribution in [3.8, 4) is 5.75 Å². The van der Waals surface area contributed by atoms with Gasteiger partial charge in [0, 0.05) is 11.4 Å². The number of halogens is 2. The van der Waals surface area contributed by atoms with Crippen molar-refractivity contribution in [1.29, 1.82) is 0 Å². The van der Waals surface area contributed by atoms with Gasteiger partial charge >= 0.3 is 5.97 Å². The van der Waals surface area contributed by atoms with Crippen LogP contribution in [0.1, 0.15) is 18.9 Å². The third-order valence-electron chi connectivity index (χ3n) is 3.64. The van der Waals surface area contributed by atoms with Gasteiger partial charge < -0.3 is 14.8 Å². The predicted octanol–water partition coefficient (Wildman–Crippen LogP) is 3.99. The van der Waals surface area contributed by atoms with Crippen LogP contribution in [0.25, 0.3) is 0 Å². The number of aryl methyl sites for hydroxylation is 1. The fourth-order valence-corrected chi connectivity index (χ4v) is 2.33. The SMILES string of the molecule is COc1ccc(CCC(=O)O[C@H](C)C(=O)Nc2ccc(Cl)cc2F)cc1. The van der Waals surface area contributed by atoms with Gasteiger partial charge in [0.25, 0.3) is 5.91 Å². The summed E-state index contributed by atoms with van der Waals surface area (Å²) in [6, 6.07) is 11.2. The molecule has 2 aromatic rings. The van der Waals surface area contributed by atoms with Crippen LogP contribution in [-0.2, 0) is 20.7 Å². The Morgan fingerprint density at radius 3 is 2.50 bits per heavy atom. The molecule has 0 aliphatic carbocycles. The number of carbonyl (C=O) groups excluding carboxylic acids is 2. The normalized spacial score (nSPS) is 11.5. The van der Waals surface area contributed by atoms with Crippen LogP contribution in [0, 0.1) is 5.82 Å². The molecule has 0 saturated heterocycles. The first-order chi connectivity index (χ1) is 12.4. The molecular weight excluding hydrogens is 361 g/mol. The molecule has 2 rings (SSSR count). The van der Waals surface area contributed by atoms with Crippen molar-refractivity contribution in [2.75, 3.05) is 12.4 Å². The lowest BCUT2D eigenvalue weighted by molar-refractivity contribution is -0.153. The van der Waals surface area contributed by atoms with Crippen molar-refractivity contribution < 1.29 is 23.5 Å². The molecule has 0 aliphatic rings. The Bertz CT molecular complexity index is 780. The Balaban J connectivity index is 1.82. The van der Waals surface area contributed by atoms with Gasteiger partial charge in [-0.1, -0.05) is 23.7 Å². The monoisotopic (exact) mass is 379 g/mol. The summed E-state index contributed by atoms with van der Waals surface area (Å²) >= 11 is 5.66. The second-order valence-electron chi connectivity index (χ2n) is 5.59. The molecule has 1 amide bonds. The standard InChI is InChI=1S/C19H19ClFNO4/c1-12(19(24)22-17-9-6-14(20)11-16(17)21)26-18(23)10-5-13-3-7-15(25-2)8-4-13/h3-4,6-9,11-12H,5,10H2,1-2H3,(H,22,24)/t12-/m1/s1. The molecule has 0 bridgehead atoms. The van der Waals surface area contributed by atoms with E-state index >= 15 is 0 Å². The van der Waals surface area contributed by atoms with E-state index in [1.807, 2.05) is 12.1 Å². The number of amides is 1. The minimum absolute atomic E-state index is 0.0273. The van der Waals surface area contributed by atoms with Gasteiger partial charge in [-0.3, -0.25) is 9.59 Å². The van der Waals surface area contributed by atoms with Gasteiger partial charge in [-0.15, -0.1) is 0 Å². The molecule has 0 unspecified atom stereocenters. The largest absolute Gasteiger partial charge is 0.497 e. The van der Waals surface area contributed by atoms with Crippen molar-refractivity contribution in [1.82, 2.24) is 0 Å². The van der Waals surface area contributed by atoms with Crippen molar-refractivity contribution in [2.24, 2.45) is 0 Å². The van der Waals surface area contributed by atoms with Crippen molar-refractivity contribution in [3.05, 3.63) is 58.9 Å². The summed E-state index contributed by atoms with van der Waals surface area (Å²) in [6.45, 7) is 1.43. The van der Waals surface area contributed by atoms with E-state index in [2.05, 4.69) is 5.32 Å². The van der Waals surface area contributed by atoms with Gasteiger partial charge in [0.05, 0.1) is 12.8 Å². The maximum Gasteiger partial charge on any atom is 0.306 e. The highest BCUT2D eigenvalue weighted by Gasteiger charge is 2.19. The molecule has 1 atom stereocenters. The molecule has 26 heavy (non-hydrogen) atoms. The van der Waals surface area contributed by atoms with Crippen molar-refractivity contribution in [2.45, 2.75) is 25.9 Å². The minimum Gasteiger partial charge on any atom is -0.497 e. The number of esters is 1. The zero-order valence-corrected chi connectivity index (χ0v) is 15.2. The molecule has 0 saturated carbocycles. The number of carbonyl (C=O) groups is 2. The molecule has 2 aromatic carbocycles. The molecule has 0 heterocycles. The van der Waals surface area contributed by atoms with Gasteiger partial charge in [-0.2, -0.15) is 0 Å². The second-order valence-corrected chi connectivity index (χ2v) is 6.03. The van der Waals surface area contributed by atoms with Gasteiger partial charge in [-0.25, -0.2) is 4.39 Å². The number of hydrogen-bond donors (Lipinski definition) is 1. The molecule has 138 valence electrons. The predicted molar refractivity (Wildman–Crippen MR) is 96.9 cm³/mol. The molecule has 0 fully saturated rings. The maximum atomic E-state index is 13.7. The molecule has 1 N–H and O–H groups in total. The van der Waals surface area contributed by atoms with Crippen molar-refractivity contribution in [3.63, 3.8) is 0 Å². The lowest BCUT2D eigenvalue weighted by Crippen LogP contribution is -2.30. The van der Waals surface area contributed by atoms with Crippen LogP contribution in [0.15, 0.2) is 42.5 Å². The van der Waals surface area contributed by atoms with E-state index in [4.69, 9.17) is 21.1 Å². The summed E-state index contributed by atoms with van der Waals surface area (Å²) in [5.74, 6) is -1.07. The lowest BCUT2D eigenvalue weighted by atomic mass is 10.1. The van der Waals surface area contributed by atoms with Crippen LogP contribution in [-0.4, -0.2) is 25.1 Å². The number of anilines is 1. The lowest BCUT2D eigenvalue weighted by Gasteiger charge is -2.14. The van der Waals surface area contributed by atoms with E-state index in [9.17, 15) is 14.0 Å². The minimum atomic E-state index is -1.05. The van der Waals surface area contributed by atoms with E-state index in [0.717, 1.165) is 17.4 Å². The van der Waals surface area contributed by atoms with Gasteiger partial charge in [-0.05, 0) is 49.2 Å². The average molecular weight is 380 g/mol. The zero-order chi connectivity index (χ0) is 19.1. The summed E-state index contributed by atoms with van der Waals surface area (Å²) < 4.78 is 23.8. The van der Waals surface area contributed by atoms with E-state index in [1.54, 1.807) is 19.2 Å². The van der Waals surface area contributed by atoms with Crippen LogP contribution < -0.4 is 10.1 Å². The Labute approximate surface area is 156 Å². The first-order valence-corrected chi connectivity index (χ1v) is 8.35. The Morgan fingerprint density at radius 2 is 1.88 bits per heavy atom. The van der Waals surface area contributed by atoms with E-state index in [1.165, 1.54) is 19.1 Å². The fourth-order valence-electron chi connectivity index (χ4n) is 2.17. The zero-order valence-electron chi connectivity index (χ0n) is 14.4. The van der Waals surface area contributed by atoms with Crippen LogP contribution in [0.5, 0.6) is 5.75 Å². The summed E-state index contributed by atoms with van der Waals surface area (Å²) in [7, 11) is 1.58. The highest BCUT2D eigenvalue weighted by molar-refractivity contribution is 6.30. The second kappa shape index (κ2) is 9.20. The Kier molecular flexibility index (Phi) is 6.97. The van der Waals surface area contributed by atoms with Gasteiger partial charge in [0.2, 0.25) is 0 Å². The smallest absolute Gasteiger partial charge is 0.306 e. The quantitative estimate of drug-likeness (QED) is 0.739. The summed E-state index contributed by atoms with van der Waals surface area (Å²) in [5, 5.41) is 2.59. The fraction of sp³-hybridized carbons (Fsp3) is 0.263. The number of rotatable bonds is 7. The first-order valence-electron chi connectivity index (χ1n) is 7.97. The van der Waals surface area contributed by atoms with Crippen molar-refractivity contribution >= 4 is 29.2 Å². The molecule has 0 spiro atoms.